The Kier molecular flexibility index (Phi) is 5.48. The number of hydrogen-bond donors (Lipinski definition) is 0. The van der Waals surface area contributed by atoms with E-state index in [2.05, 4.69) is 5.16 Å². The van der Waals surface area contributed by atoms with Gasteiger partial charge in [-0.1, -0.05) is 47.8 Å². The van der Waals surface area contributed by atoms with Gasteiger partial charge >= 0.3 is 5.97 Å². The number of rotatable bonds is 4. The molecule has 0 unspecified atom stereocenters. The van der Waals surface area contributed by atoms with Gasteiger partial charge in [0.1, 0.15) is 0 Å². The lowest BCUT2D eigenvalue weighted by Crippen LogP contribution is -2.30. The fourth-order valence-corrected chi connectivity index (χ4v) is 4.17. The molecule has 1 aliphatic carbocycles. The van der Waals surface area contributed by atoms with Gasteiger partial charge in [-0.15, -0.1) is 0 Å². The van der Waals surface area contributed by atoms with Crippen LogP contribution < -0.4 is 4.90 Å². The molecule has 1 heterocycles. The number of fused-ring (bicyclic) bond motifs is 1. The number of imide groups is 1. The second kappa shape index (κ2) is 8.22. The molecule has 6 nitrogen and oxygen atoms in total. The van der Waals surface area contributed by atoms with Gasteiger partial charge in [0.05, 0.1) is 28.8 Å². The van der Waals surface area contributed by atoms with Crippen LogP contribution in [0.1, 0.15) is 54.1 Å². The lowest BCUT2D eigenvalue weighted by molar-refractivity contribution is -0.122. The first-order chi connectivity index (χ1) is 14.5. The molecule has 1 saturated heterocycles. The quantitative estimate of drug-likeness (QED) is 0.330. The van der Waals surface area contributed by atoms with E-state index in [0.717, 1.165) is 36.8 Å². The highest BCUT2D eigenvalue weighted by atomic mass is 16.7. The van der Waals surface area contributed by atoms with Crippen LogP contribution in [0.3, 0.4) is 0 Å². The number of nitrogens with zero attached hydrogens (tertiary/aromatic N) is 2. The molecule has 0 radical (unpaired) electrons. The summed E-state index contributed by atoms with van der Waals surface area (Å²) in [5.74, 6) is -1.04. The van der Waals surface area contributed by atoms with Crippen LogP contribution in [0.15, 0.2) is 53.7 Å². The summed E-state index contributed by atoms with van der Waals surface area (Å²) in [5, 5.41) is 3.93. The van der Waals surface area contributed by atoms with Crippen LogP contribution >= 0.6 is 0 Å². The molecule has 2 aromatic carbocycles. The maximum atomic E-state index is 12.7. The van der Waals surface area contributed by atoms with Gasteiger partial charge < -0.3 is 4.84 Å². The van der Waals surface area contributed by atoms with E-state index in [9.17, 15) is 14.4 Å². The van der Waals surface area contributed by atoms with Crippen LogP contribution in [0.5, 0.6) is 0 Å². The summed E-state index contributed by atoms with van der Waals surface area (Å²) in [5.41, 5.74) is 3.33. The monoisotopic (exact) mass is 404 g/mol. The molecular weight excluding hydrogens is 380 g/mol. The average Bonchev–Trinajstić information content (AvgIpc) is 3.03. The Bertz CT molecular complexity index is 985. The van der Waals surface area contributed by atoms with Crippen LogP contribution in [-0.4, -0.2) is 23.5 Å². The van der Waals surface area contributed by atoms with Crippen molar-refractivity contribution in [3.63, 3.8) is 0 Å². The van der Waals surface area contributed by atoms with Crippen molar-refractivity contribution in [2.45, 2.75) is 39.5 Å². The number of carbonyl (C=O) groups is 3. The molecule has 0 aromatic heterocycles. The van der Waals surface area contributed by atoms with E-state index in [0.29, 0.717) is 17.0 Å². The van der Waals surface area contributed by atoms with E-state index >= 15 is 0 Å². The largest absolute Gasteiger partial charge is 0.365 e. The van der Waals surface area contributed by atoms with Crippen molar-refractivity contribution < 1.29 is 19.2 Å². The zero-order valence-corrected chi connectivity index (χ0v) is 17.1. The van der Waals surface area contributed by atoms with Gasteiger partial charge in [0, 0.05) is 0 Å². The van der Waals surface area contributed by atoms with Crippen molar-refractivity contribution in [3.05, 3.63) is 65.2 Å². The van der Waals surface area contributed by atoms with Gasteiger partial charge in [-0.05, 0) is 56.5 Å². The highest BCUT2D eigenvalue weighted by Gasteiger charge is 2.48. The van der Waals surface area contributed by atoms with Crippen molar-refractivity contribution in [2.24, 2.45) is 17.0 Å². The third-order valence-corrected chi connectivity index (χ3v) is 5.94. The smallest absolute Gasteiger partial charge is 0.313 e. The zero-order chi connectivity index (χ0) is 21.3. The van der Waals surface area contributed by atoms with E-state index in [1.807, 2.05) is 19.1 Å². The Morgan fingerprint density at radius 3 is 2.00 bits per heavy atom. The van der Waals surface area contributed by atoms with Crippen LogP contribution in [0.4, 0.5) is 5.69 Å². The highest BCUT2D eigenvalue weighted by molar-refractivity contribution is 6.22. The summed E-state index contributed by atoms with van der Waals surface area (Å²) in [4.78, 5) is 43.9. The molecule has 2 amide bonds. The van der Waals surface area contributed by atoms with E-state index in [-0.39, 0.29) is 23.7 Å². The second-order valence-corrected chi connectivity index (χ2v) is 7.98. The summed E-state index contributed by atoms with van der Waals surface area (Å²) in [6.45, 7) is 3.68. The number of aryl methyl sites for hydroxylation is 1. The van der Waals surface area contributed by atoms with Crippen LogP contribution in [0.25, 0.3) is 0 Å². The summed E-state index contributed by atoms with van der Waals surface area (Å²) >= 11 is 0. The molecule has 6 heteroatoms. The molecule has 2 fully saturated rings. The number of anilines is 1. The summed E-state index contributed by atoms with van der Waals surface area (Å²) < 4.78 is 0. The average molecular weight is 404 g/mol. The predicted octanol–water partition coefficient (Wildman–Crippen LogP) is 4.26. The molecule has 0 spiro atoms. The summed E-state index contributed by atoms with van der Waals surface area (Å²) in [6, 6.07) is 14.1. The van der Waals surface area contributed by atoms with Crippen LogP contribution in [0, 0.1) is 18.8 Å². The van der Waals surface area contributed by atoms with Gasteiger partial charge in [-0.2, -0.15) is 0 Å². The van der Waals surface area contributed by atoms with Gasteiger partial charge in [0.2, 0.25) is 11.8 Å². The van der Waals surface area contributed by atoms with Crippen molar-refractivity contribution in [3.8, 4) is 0 Å². The van der Waals surface area contributed by atoms with Crippen molar-refractivity contribution in [2.75, 3.05) is 4.90 Å². The second-order valence-electron chi connectivity index (χ2n) is 7.98. The van der Waals surface area contributed by atoms with Gasteiger partial charge in [0.15, 0.2) is 0 Å². The lowest BCUT2D eigenvalue weighted by Gasteiger charge is -2.19. The van der Waals surface area contributed by atoms with Gasteiger partial charge in [-0.3, -0.25) is 14.5 Å². The van der Waals surface area contributed by atoms with Crippen LogP contribution in [0.2, 0.25) is 0 Å². The minimum Gasteiger partial charge on any atom is -0.313 e. The number of hydrogen-bond acceptors (Lipinski definition) is 5. The topological polar surface area (TPSA) is 76.0 Å². The first-order valence-corrected chi connectivity index (χ1v) is 10.3. The highest BCUT2D eigenvalue weighted by Crippen LogP contribution is 2.40. The molecule has 2 atom stereocenters. The standard InChI is InChI=1S/C24H24N2O4/c1-15-7-9-18(10-8-15)24(29)30-25-16(2)17-11-13-19(14-12-17)26-22(27)20-5-3-4-6-21(20)23(26)28/h7-14,20-21H,3-6H2,1-2H3/b25-16+/t20-,21-/m1/s1. The maximum absolute atomic E-state index is 12.7. The first kappa shape index (κ1) is 20.0. The fraction of sp³-hybridized carbons (Fsp3) is 0.333. The number of benzene rings is 2. The zero-order valence-electron chi connectivity index (χ0n) is 17.1. The lowest BCUT2D eigenvalue weighted by atomic mass is 9.81. The normalized spacial score (nSPS) is 21.5. The molecule has 0 bridgehead atoms. The summed E-state index contributed by atoms with van der Waals surface area (Å²) in [6.07, 6.45) is 3.59. The first-order valence-electron chi connectivity index (χ1n) is 10.3. The van der Waals surface area contributed by atoms with Gasteiger partial charge in [0.25, 0.3) is 0 Å². The molecule has 30 heavy (non-hydrogen) atoms. The molecule has 4 rings (SSSR count). The van der Waals surface area contributed by atoms with E-state index < -0.39 is 5.97 Å². The van der Waals surface area contributed by atoms with E-state index in [1.54, 1.807) is 43.3 Å². The fourth-order valence-electron chi connectivity index (χ4n) is 4.17. The maximum Gasteiger partial charge on any atom is 0.365 e. The number of oxime groups is 1. The minimum atomic E-state index is -0.526. The van der Waals surface area contributed by atoms with Crippen LogP contribution in [-0.2, 0) is 14.4 Å². The Morgan fingerprint density at radius 1 is 0.900 bits per heavy atom. The van der Waals surface area contributed by atoms with E-state index in [4.69, 9.17) is 4.84 Å². The molecule has 2 aromatic rings. The Balaban J connectivity index is 1.46. The Hall–Kier alpha value is -3.28. The molecule has 154 valence electrons. The van der Waals surface area contributed by atoms with Crippen molar-refractivity contribution in [1.29, 1.82) is 0 Å². The Labute approximate surface area is 175 Å². The number of amides is 2. The summed E-state index contributed by atoms with van der Waals surface area (Å²) in [7, 11) is 0. The predicted molar refractivity (Wildman–Crippen MR) is 113 cm³/mol. The SMILES string of the molecule is C/C(=N\OC(=O)c1ccc(C)cc1)c1ccc(N2C(=O)[C@@H]3CCCC[C@H]3C2=O)cc1. The molecule has 1 aliphatic heterocycles. The molecular formula is C24H24N2O4. The minimum absolute atomic E-state index is 0.0881. The molecule has 2 aliphatic rings. The third-order valence-electron chi connectivity index (χ3n) is 5.94. The van der Waals surface area contributed by atoms with Crippen molar-refractivity contribution >= 4 is 29.2 Å². The number of carbonyl (C=O) groups excluding carboxylic acids is 3. The third kappa shape index (κ3) is 3.77. The molecule has 0 N–H and O–H groups in total. The Morgan fingerprint density at radius 2 is 1.43 bits per heavy atom. The van der Waals surface area contributed by atoms with Gasteiger partial charge in [-0.25, -0.2) is 4.79 Å². The van der Waals surface area contributed by atoms with Crippen molar-refractivity contribution in [1.82, 2.24) is 0 Å². The molecule has 1 saturated carbocycles. The van der Waals surface area contributed by atoms with E-state index in [1.165, 1.54) is 4.90 Å².